The molecule has 0 saturated carbocycles. The summed E-state index contributed by atoms with van der Waals surface area (Å²) in [6.07, 6.45) is 0. The summed E-state index contributed by atoms with van der Waals surface area (Å²) in [7, 11) is 3.49. The second-order valence-electron chi connectivity index (χ2n) is 7.28. The Kier molecular flexibility index (Phi) is 3.55. The monoisotopic (exact) mass is 382 g/mol. The number of rotatable bonds is 1. The van der Waals surface area contributed by atoms with Crippen molar-refractivity contribution in [1.82, 2.24) is 9.13 Å². The van der Waals surface area contributed by atoms with Crippen molar-refractivity contribution >= 4 is 21.8 Å². The second kappa shape index (κ2) is 6.01. The number of fused-ring (bicyclic) bond motifs is 4. The predicted molar refractivity (Wildman–Crippen MR) is 111 cm³/mol. The van der Waals surface area contributed by atoms with Gasteiger partial charge in [-0.1, -0.05) is 42.5 Å². The lowest BCUT2D eigenvalue weighted by Gasteiger charge is -2.27. The molecular formula is C23H18N4O2. The van der Waals surface area contributed by atoms with Gasteiger partial charge in [0, 0.05) is 25.0 Å². The summed E-state index contributed by atoms with van der Waals surface area (Å²) in [5, 5.41) is 11.8. The van der Waals surface area contributed by atoms with Gasteiger partial charge >= 0.3 is 5.69 Å². The molecule has 0 aliphatic carbocycles. The molecule has 29 heavy (non-hydrogen) atoms. The zero-order chi connectivity index (χ0) is 20.3. The van der Waals surface area contributed by atoms with Crippen LogP contribution in [0.1, 0.15) is 17.0 Å². The number of benzene rings is 3. The second-order valence-corrected chi connectivity index (χ2v) is 7.28. The molecule has 2 N–H and O–H groups in total. The normalized spacial score (nSPS) is 16.0. The standard InChI is InChI=1S/C23H18N4O2/c1-26-18-10-8-14(11-19(18)27(2)23(26)28)20-16-9-7-13-5-3-4-6-15(13)21(16)29-22(25)17(20)12-24/h3-11,20H,25H2,1-2H3/t20-/m1/s1. The van der Waals surface area contributed by atoms with E-state index < -0.39 is 0 Å². The molecule has 4 aromatic rings. The largest absolute Gasteiger partial charge is 0.440 e. The minimum Gasteiger partial charge on any atom is -0.440 e. The Morgan fingerprint density at radius 2 is 1.79 bits per heavy atom. The minimum atomic E-state index is -0.368. The number of imidazole rings is 1. The molecule has 142 valence electrons. The van der Waals surface area contributed by atoms with Crippen LogP contribution in [0.4, 0.5) is 0 Å². The van der Waals surface area contributed by atoms with Crippen LogP contribution in [-0.4, -0.2) is 9.13 Å². The fourth-order valence-electron chi connectivity index (χ4n) is 4.23. The topological polar surface area (TPSA) is 86.0 Å². The molecule has 0 fully saturated rings. The Morgan fingerprint density at radius 3 is 2.59 bits per heavy atom. The first-order valence-corrected chi connectivity index (χ1v) is 9.26. The summed E-state index contributed by atoms with van der Waals surface area (Å²) in [6.45, 7) is 0. The number of allylic oxidation sites excluding steroid dienone is 1. The molecule has 0 unspecified atom stereocenters. The summed E-state index contributed by atoms with van der Waals surface area (Å²) in [6, 6.07) is 20.0. The van der Waals surface area contributed by atoms with Crippen LogP contribution in [0.5, 0.6) is 5.75 Å². The van der Waals surface area contributed by atoms with Gasteiger partial charge < -0.3 is 10.5 Å². The van der Waals surface area contributed by atoms with Crippen molar-refractivity contribution in [2.75, 3.05) is 0 Å². The summed E-state index contributed by atoms with van der Waals surface area (Å²) >= 11 is 0. The lowest BCUT2D eigenvalue weighted by molar-refractivity contribution is 0.398. The van der Waals surface area contributed by atoms with Crippen LogP contribution in [0.2, 0.25) is 0 Å². The van der Waals surface area contributed by atoms with Crippen LogP contribution in [-0.2, 0) is 14.1 Å². The third kappa shape index (κ3) is 2.31. The molecule has 1 aliphatic rings. The lowest BCUT2D eigenvalue weighted by atomic mass is 9.82. The van der Waals surface area contributed by atoms with Crippen LogP contribution in [0, 0.1) is 11.3 Å². The van der Waals surface area contributed by atoms with Crippen LogP contribution < -0.4 is 16.2 Å². The van der Waals surface area contributed by atoms with Gasteiger partial charge in [0.2, 0.25) is 5.88 Å². The fraction of sp³-hybridized carbons (Fsp3) is 0.130. The van der Waals surface area contributed by atoms with Gasteiger partial charge in [0.05, 0.1) is 17.0 Å². The van der Waals surface area contributed by atoms with Crippen molar-refractivity contribution in [2.24, 2.45) is 19.8 Å². The van der Waals surface area contributed by atoms with Crippen molar-refractivity contribution < 1.29 is 4.74 Å². The molecule has 0 amide bonds. The average molecular weight is 382 g/mol. The Labute approximate surface area is 166 Å². The van der Waals surface area contributed by atoms with Gasteiger partial charge in [0.25, 0.3) is 0 Å². The van der Waals surface area contributed by atoms with Crippen molar-refractivity contribution in [2.45, 2.75) is 5.92 Å². The SMILES string of the molecule is Cn1c(=O)n(C)c2cc([C@H]3C(C#N)=C(N)Oc4c3ccc3ccccc43)ccc21. The van der Waals surface area contributed by atoms with Crippen LogP contribution in [0.3, 0.4) is 0 Å². The highest BCUT2D eigenvalue weighted by atomic mass is 16.5. The molecule has 0 saturated heterocycles. The molecule has 2 heterocycles. The van der Waals surface area contributed by atoms with Gasteiger partial charge in [-0.25, -0.2) is 4.79 Å². The van der Waals surface area contributed by atoms with Gasteiger partial charge in [0.15, 0.2) is 0 Å². The zero-order valence-electron chi connectivity index (χ0n) is 16.0. The molecule has 5 rings (SSSR count). The van der Waals surface area contributed by atoms with Gasteiger partial charge in [-0.3, -0.25) is 9.13 Å². The van der Waals surface area contributed by atoms with Crippen LogP contribution in [0.25, 0.3) is 21.8 Å². The number of nitrogens with zero attached hydrogens (tertiary/aromatic N) is 3. The number of hydrogen-bond acceptors (Lipinski definition) is 4. The molecule has 0 radical (unpaired) electrons. The maximum atomic E-state index is 12.3. The first-order chi connectivity index (χ1) is 14.0. The highest BCUT2D eigenvalue weighted by Gasteiger charge is 2.32. The summed E-state index contributed by atoms with van der Waals surface area (Å²) in [5.74, 6) is 0.420. The quantitative estimate of drug-likeness (QED) is 0.548. The Hall–Kier alpha value is -3.98. The van der Waals surface area contributed by atoms with E-state index in [9.17, 15) is 10.1 Å². The number of nitriles is 1. The van der Waals surface area contributed by atoms with Crippen molar-refractivity contribution in [3.8, 4) is 11.8 Å². The first kappa shape index (κ1) is 17.1. The molecule has 1 aliphatic heterocycles. The third-order valence-electron chi connectivity index (χ3n) is 5.74. The molecule has 6 heteroatoms. The zero-order valence-corrected chi connectivity index (χ0v) is 16.0. The smallest absolute Gasteiger partial charge is 0.328 e. The van der Waals surface area contributed by atoms with Crippen LogP contribution in [0.15, 0.2) is 70.8 Å². The van der Waals surface area contributed by atoms with Gasteiger partial charge in [-0.2, -0.15) is 5.26 Å². The summed E-state index contributed by atoms with van der Waals surface area (Å²) < 4.78 is 9.13. The molecule has 6 nitrogen and oxygen atoms in total. The highest BCUT2D eigenvalue weighted by molar-refractivity contribution is 5.91. The highest BCUT2D eigenvalue weighted by Crippen LogP contribution is 2.45. The lowest BCUT2D eigenvalue weighted by Crippen LogP contribution is -2.21. The number of aryl methyl sites for hydroxylation is 2. The fourth-order valence-corrected chi connectivity index (χ4v) is 4.23. The number of hydrogen-bond donors (Lipinski definition) is 1. The van der Waals surface area contributed by atoms with Gasteiger partial charge in [-0.15, -0.1) is 0 Å². The maximum absolute atomic E-state index is 12.3. The van der Waals surface area contributed by atoms with E-state index in [0.717, 1.165) is 32.9 Å². The molecule has 0 spiro atoms. The van der Waals surface area contributed by atoms with Crippen LogP contribution >= 0.6 is 0 Å². The number of aromatic nitrogens is 2. The van der Waals surface area contributed by atoms with E-state index in [4.69, 9.17) is 10.5 Å². The Balaban J connectivity index is 1.81. The van der Waals surface area contributed by atoms with E-state index in [2.05, 4.69) is 6.07 Å². The predicted octanol–water partition coefficient (Wildman–Crippen LogP) is 3.25. The minimum absolute atomic E-state index is 0.0916. The molecule has 1 aromatic heterocycles. The molecule has 0 bridgehead atoms. The molecule has 3 aromatic carbocycles. The maximum Gasteiger partial charge on any atom is 0.328 e. The van der Waals surface area contributed by atoms with E-state index in [0.29, 0.717) is 11.3 Å². The van der Waals surface area contributed by atoms with Crippen molar-refractivity contribution in [1.29, 1.82) is 5.26 Å². The van der Waals surface area contributed by atoms with E-state index in [1.807, 2.05) is 54.6 Å². The number of ether oxygens (including phenoxy) is 1. The first-order valence-electron chi connectivity index (χ1n) is 9.26. The number of nitrogens with two attached hydrogens (primary N) is 1. The summed E-state index contributed by atoms with van der Waals surface area (Å²) in [5.41, 5.74) is 9.86. The Bertz CT molecular complexity index is 1450. The van der Waals surface area contributed by atoms with Crippen molar-refractivity contribution in [3.63, 3.8) is 0 Å². The van der Waals surface area contributed by atoms with Gasteiger partial charge in [-0.05, 0) is 23.1 Å². The average Bonchev–Trinajstić information content (AvgIpc) is 2.96. The Morgan fingerprint density at radius 1 is 1.03 bits per heavy atom. The van der Waals surface area contributed by atoms with E-state index >= 15 is 0 Å². The van der Waals surface area contributed by atoms with E-state index in [-0.39, 0.29) is 17.5 Å². The molecule has 1 atom stereocenters. The molecular weight excluding hydrogens is 364 g/mol. The van der Waals surface area contributed by atoms with Crippen molar-refractivity contribution in [3.05, 3.63) is 87.7 Å². The van der Waals surface area contributed by atoms with Gasteiger partial charge in [0.1, 0.15) is 17.4 Å². The summed E-state index contributed by atoms with van der Waals surface area (Å²) in [4.78, 5) is 12.3. The third-order valence-corrected chi connectivity index (χ3v) is 5.74. The van der Waals surface area contributed by atoms with E-state index in [1.54, 1.807) is 23.2 Å². The van der Waals surface area contributed by atoms with E-state index in [1.165, 1.54) is 0 Å².